The van der Waals surface area contributed by atoms with Crippen LogP contribution in [0.1, 0.15) is 5.56 Å². The molecule has 0 spiro atoms. The fourth-order valence-corrected chi connectivity index (χ4v) is 3.41. The molecule has 0 atom stereocenters. The first-order valence-corrected chi connectivity index (χ1v) is 9.39. The van der Waals surface area contributed by atoms with Crippen LogP contribution >= 0.6 is 34.4 Å². The van der Waals surface area contributed by atoms with E-state index >= 15 is 0 Å². The summed E-state index contributed by atoms with van der Waals surface area (Å²) in [5, 5.41) is 10.7. The van der Waals surface area contributed by atoms with Gasteiger partial charge in [-0.25, -0.2) is 4.79 Å². The van der Waals surface area contributed by atoms with E-state index < -0.39 is 11.9 Å². The van der Waals surface area contributed by atoms with E-state index in [9.17, 15) is 9.59 Å². The van der Waals surface area contributed by atoms with Crippen LogP contribution < -0.4 is 14.8 Å². The lowest BCUT2D eigenvalue weighted by atomic mass is 10.2. The minimum Gasteiger partial charge on any atom is -0.493 e. The summed E-state index contributed by atoms with van der Waals surface area (Å²) in [6.45, 7) is 3.99. The van der Waals surface area contributed by atoms with Crippen molar-refractivity contribution in [2.24, 2.45) is 10.2 Å². The molecule has 142 valence electrons. The first-order valence-electron chi connectivity index (χ1n) is 7.49. The molecule has 1 N–H and O–H groups in total. The largest absolute Gasteiger partial charge is 0.493 e. The summed E-state index contributed by atoms with van der Waals surface area (Å²) in [5.41, 5.74) is 0.742. The molecule has 0 aromatic heterocycles. The number of amidine groups is 1. The van der Waals surface area contributed by atoms with Gasteiger partial charge in [0.2, 0.25) is 0 Å². The smallest absolute Gasteiger partial charge is 0.331 e. The number of halogens is 1. The van der Waals surface area contributed by atoms with Gasteiger partial charge in [-0.2, -0.15) is 5.10 Å². The summed E-state index contributed by atoms with van der Waals surface area (Å²) < 4.78 is 16.3. The summed E-state index contributed by atoms with van der Waals surface area (Å²) in [6, 6.07) is 3.61. The molecule has 0 aliphatic carbocycles. The Morgan fingerprint density at radius 3 is 2.85 bits per heavy atom. The number of nitrogens with one attached hydrogen (secondary N) is 1. The van der Waals surface area contributed by atoms with Gasteiger partial charge in [-0.3, -0.25) is 10.1 Å². The molecule has 0 unspecified atom stereocenters. The van der Waals surface area contributed by atoms with Crippen LogP contribution in [0.4, 0.5) is 0 Å². The molecule has 2 rings (SSSR count). The number of carbonyl (C=O) groups excluding carboxylic acids is 2. The van der Waals surface area contributed by atoms with E-state index in [1.165, 1.54) is 13.3 Å². The Labute approximate surface area is 173 Å². The molecule has 0 bridgehead atoms. The second-order valence-corrected chi connectivity index (χ2v) is 7.06. The predicted octanol–water partition coefficient (Wildman–Crippen LogP) is 2.47. The Kier molecular flexibility index (Phi) is 7.85. The maximum atomic E-state index is 11.7. The van der Waals surface area contributed by atoms with E-state index in [0.717, 1.165) is 27.0 Å². The summed E-state index contributed by atoms with van der Waals surface area (Å²) in [5.74, 6) is 0.138. The van der Waals surface area contributed by atoms with Gasteiger partial charge in [-0.05, 0) is 52.0 Å². The minimum atomic E-state index is -0.613. The second kappa shape index (κ2) is 10.1. The zero-order valence-corrected chi connectivity index (χ0v) is 17.5. The van der Waals surface area contributed by atoms with Crippen molar-refractivity contribution in [2.75, 3.05) is 20.8 Å². The van der Waals surface area contributed by atoms with Crippen molar-refractivity contribution < 1.29 is 23.8 Å². The maximum Gasteiger partial charge on any atom is 0.331 e. The van der Waals surface area contributed by atoms with Crippen molar-refractivity contribution >= 4 is 57.6 Å². The molecule has 8 nitrogen and oxygen atoms in total. The molecular weight excluding hydrogens is 485 g/mol. The number of benzene rings is 1. The number of esters is 1. The Morgan fingerprint density at radius 2 is 2.19 bits per heavy atom. The SMILES string of the molecule is C=CCOc1c(I)cc(C=N/N=C2/NC(=O)/C(=C\C(=O)OC)S2)cc1OC. The van der Waals surface area contributed by atoms with Crippen molar-refractivity contribution in [3.8, 4) is 11.5 Å². The van der Waals surface area contributed by atoms with Gasteiger partial charge in [0.1, 0.15) is 6.61 Å². The van der Waals surface area contributed by atoms with Gasteiger partial charge in [0.05, 0.1) is 28.9 Å². The first kappa shape index (κ1) is 21.0. The van der Waals surface area contributed by atoms with Crippen molar-refractivity contribution in [3.63, 3.8) is 0 Å². The third-order valence-electron chi connectivity index (χ3n) is 3.05. The average Bonchev–Trinajstić information content (AvgIpc) is 2.99. The average molecular weight is 501 g/mol. The van der Waals surface area contributed by atoms with Crippen LogP contribution in [0.3, 0.4) is 0 Å². The number of nitrogens with zero attached hydrogens (tertiary/aromatic N) is 2. The molecule has 0 radical (unpaired) electrons. The number of thioether (sulfide) groups is 1. The third kappa shape index (κ3) is 5.82. The molecule has 0 saturated carbocycles. The van der Waals surface area contributed by atoms with E-state index in [2.05, 4.69) is 49.4 Å². The van der Waals surface area contributed by atoms with Crippen molar-refractivity contribution in [1.82, 2.24) is 5.32 Å². The zero-order chi connectivity index (χ0) is 19.8. The number of carbonyl (C=O) groups is 2. The fourth-order valence-electron chi connectivity index (χ4n) is 1.89. The molecule has 1 aromatic carbocycles. The Bertz CT molecular complexity index is 851. The molecule has 1 heterocycles. The highest BCUT2D eigenvalue weighted by Gasteiger charge is 2.25. The monoisotopic (exact) mass is 501 g/mol. The predicted molar refractivity (Wildman–Crippen MR) is 112 cm³/mol. The van der Waals surface area contributed by atoms with E-state index in [1.54, 1.807) is 19.3 Å². The molecule has 1 fully saturated rings. The van der Waals surface area contributed by atoms with Crippen LogP contribution in [0, 0.1) is 3.57 Å². The van der Waals surface area contributed by atoms with Crippen molar-refractivity contribution in [3.05, 3.63) is 44.9 Å². The maximum absolute atomic E-state index is 11.7. The topological polar surface area (TPSA) is 98.6 Å². The Morgan fingerprint density at radius 1 is 1.41 bits per heavy atom. The van der Waals surface area contributed by atoms with E-state index in [4.69, 9.17) is 9.47 Å². The standard InChI is InChI=1S/C17H16IN3O5S/c1-4-5-26-15-11(18)6-10(7-12(15)24-2)9-19-21-17-20-16(23)13(27-17)8-14(22)25-3/h4,6-9H,1,5H2,2-3H3,(H,20,21,23)/b13-8+,19-9?. The Hall–Kier alpha value is -2.34. The summed E-state index contributed by atoms with van der Waals surface area (Å²) >= 11 is 3.14. The van der Waals surface area contributed by atoms with Gasteiger partial charge in [-0.15, -0.1) is 5.10 Å². The molecule has 10 heteroatoms. The lowest BCUT2D eigenvalue weighted by Gasteiger charge is -2.12. The minimum absolute atomic E-state index is 0.190. The molecule has 1 aliphatic rings. The summed E-state index contributed by atoms with van der Waals surface area (Å²) in [7, 11) is 2.78. The van der Waals surface area contributed by atoms with E-state index in [-0.39, 0.29) is 10.1 Å². The van der Waals surface area contributed by atoms with Crippen LogP contribution in [0.2, 0.25) is 0 Å². The van der Waals surface area contributed by atoms with Crippen LogP contribution in [-0.4, -0.2) is 44.1 Å². The van der Waals surface area contributed by atoms with E-state index in [0.29, 0.717) is 18.1 Å². The fraction of sp³-hybridized carbons (Fsp3) is 0.176. The number of hydrogen-bond donors (Lipinski definition) is 1. The highest BCUT2D eigenvalue weighted by atomic mass is 127. The van der Waals surface area contributed by atoms with Gasteiger partial charge < -0.3 is 14.2 Å². The van der Waals surface area contributed by atoms with Gasteiger partial charge in [0, 0.05) is 6.08 Å². The molecule has 1 aliphatic heterocycles. The van der Waals surface area contributed by atoms with Crippen LogP contribution in [-0.2, 0) is 14.3 Å². The van der Waals surface area contributed by atoms with Gasteiger partial charge in [-0.1, -0.05) is 12.7 Å². The number of hydrogen-bond acceptors (Lipinski definition) is 8. The first-order chi connectivity index (χ1) is 13.0. The molecule has 27 heavy (non-hydrogen) atoms. The zero-order valence-electron chi connectivity index (χ0n) is 14.5. The number of amides is 1. The van der Waals surface area contributed by atoms with Crippen LogP contribution in [0.5, 0.6) is 11.5 Å². The Balaban J connectivity index is 2.14. The highest BCUT2D eigenvalue weighted by molar-refractivity contribution is 14.1. The highest BCUT2D eigenvalue weighted by Crippen LogP contribution is 2.33. The van der Waals surface area contributed by atoms with Crippen LogP contribution in [0.25, 0.3) is 0 Å². The molecule has 1 saturated heterocycles. The molecule has 1 amide bonds. The molecule has 1 aromatic rings. The van der Waals surface area contributed by atoms with E-state index in [1.807, 2.05) is 6.07 Å². The number of ether oxygens (including phenoxy) is 3. The third-order valence-corrected chi connectivity index (χ3v) is 4.76. The lowest BCUT2D eigenvalue weighted by Crippen LogP contribution is -2.19. The normalized spacial score (nSPS) is 16.6. The van der Waals surface area contributed by atoms with Crippen molar-refractivity contribution in [2.45, 2.75) is 0 Å². The van der Waals surface area contributed by atoms with Crippen molar-refractivity contribution in [1.29, 1.82) is 0 Å². The summed E-state index contributed by atoms with van der Waals surface area (Å²) in [4.78, 5) is 23.1. The number of rotatable bonds is 7. The second-order valence-electron chi connectivity index (χ2n) is 4.87. The molecular formula is C17H16IN3O5S. The summed E-state index contributed by atoms with van der Waals surface area (Å²) in [6.07, 6.45) is 4.27. The number of methoxy groups -OCH3 is 2. The van der Waals surface area contributed by atoms with Gasteiger partial charge in [0.15, 0.2) is 16.7 Å². The van der Waals surface area contributed by atoms with Gasteiger partial charge >= 0.3 is 5.97 Å². The quantitative estimate of drug-likeness (QED) is 0.154. The van der Waals surface area contributed by atoms with Gasteiger partial charge in [0.25, 0.3) is 5.91 Å². The lowest BCUT2D eigenvalue weighted by molar-refractivity contribution is -0.135. The van der Waals surface area contributed by atoms with Crippen LogP contribution in [0.15, 0.2) is 46.0 Å².